The fraction of sp³-hybridized carbons (Fsp3) is 0.214. The van der Waals surface area contributed by atoms with Crippen molar-refractivity contribution in [2.45, 2.75) is 39.0 Å². The van der Waals surface area contributed by atoms with E-state index in [-0.39, 0.29) is 17.6 Å². The molecule has 0 heterocycles. The first-order valence-electron chi connectivity index (χ1n) is 10.5. The van der Waals surface area contributed by atoms with Crippen molar-refractivity contribution in [3.63, 3.8) is 0 Å². The molecule has 0 nitrogen and oxygen atoms in total. The molecular weight excluding hydrogens is 374 g/mol. The molecule has 3 aromatic carbocycles. The average Bonchev–Trinajstić information content (AvgIpc) is 2.75. The van der Waals surface area contributed by atoms with Gasteiger partial charge in [0.2, 0.25) is 0 Å². The minimum absolute atomic E-state index is 0.222. The van der Waals surface area contributed by atoms with E-state index in [0.29, 0.717) is 17.5 Å². The first-order chi connectivity index (χ1) is 14.6. The van der Waals surface area contributed by atoms with Crippen LogP contribution in [-0.2, 0) is 12.8 Å². The lowest BCUT2D eigenvalue weighted by Crippen LogP contribution is -2.00. The minimum atomic E-state index is -0.252. The Bertz CT molecular complexity index is 1020. The number of benzene rings is 3. The third-order valence-corrected chi connectivity index (χ3v) is 5.33. The highest BCUT2D eigenvalue weighted by atomic mass is 19.1. The van der Waals surface area contributed by atoms with Gasteiger partial charge in [0.05, 0.1) is 0 Å². The summed E-state index contributed by atoms with van der Waals surface area (Å²) in [5, 5.41) is 0. The molecule has 0 radical (unpaired) electrons. The number of rotatable bonds is 8. The van der Waals surface area contributed by atoms with Gasteiger partial charge in [-0.25, -0.2) is 8.78 Å². The maximum absolute atomic E-state index is 14.6. The first-order valence-corrected chi connectivity index (χ1v) is 10.5. The maximum Gasteiger partial charge on any atom is 0.130 e. The van der Waals surface area contributed by atoms with Gasteiger partial charge in [0.25, 0.3) is 0 Å². The van der Waals surface area contributed by atoms with Crippen molar-refractivity contribution in [3.05, 3.63) is 118 Å². The standard InChI is InChI=1S/C28H28F2/c1-3-4-6-9-22-12-15-25(27(29)19-22)16-13-23-14-17-26(28(30)20-23)18-21(2)24-10-7-5-8-11-24/h3-5,7-8,10-17,19-21H,6,9,18H2,1-2H3/b4-3+,16-13?/t21-/m0/s1. The Labute approximate surface area is 178 Å². The highest BCUT2D eigenvalue weighted by Gasteiger charge is 2.10. The van der Waals surface area contributed by atoms with Crippen molar-refractivity contribution in [1.29, 1.82) is 0 Å². The number of hydrogen-bond donors (Lipinski definition) is 0. The van der Waals surface area contributed by atoms with Crippen molar-refractivity contribution in [3.8, 4) is 0 Å². The zero-order chi connectivity index (χ0) is 21.3. The molecule has 1 atom stereocenters. The van der Waals surface area contributed by atoms with E-state index in [1.165, 1.54) is 11.6 Å². The molecule has 0 aliphatic rings. The van der Waals surface area contributed by atoms with Crippen molar-refractivity contribution in [2.24, 2.45) is 0 Å². The Hall–Kier alpha value is -3.00. The van der Waals surface area contributed by atoms with Crippen LogP contribution in [0.5, 0.6) is 0 Å². The van der Waals surface area contributed by atoms with Crippen LogP contribution >= 0.6 is 0 Å². The Morgan fingerprint density at radius 3 is 2.37 bits per heavy atom. The highest BCUT2D eigenvalue weighted by Crippen LogP contribution is 2.23. The van der Waals surface area contributed by atoms with E-state index in [4.69, 9.17) is 0 Å². The first kappa shape index (κ1) is 21.7. The molecule has 3 aromatic rings. The summed E-state index contributed by atoms with van der Waals surface area (Å²) in [5.41, 5.74) is 4.10. The molecule has 0 N–H and O–H groups in total. The van der Waals surface area contributed by atoms with Gasteiger partial charge in [-0.1, -0.05) is 85.8 Å². The topological polar surface area (TPSA) is 0 Å². The number of halogens is 2. The summed E-state index contributed by atoms with van der Waals surface area (Å²) in [6, 6.07) is 20.7. The van der Waals surface area contributed by atoms with Crippen molar-refractivity contribution in [1.82, 2.24) is 0 Å². The minimum Gasteiger partial charge on any atom is -0.207 e. The molecule has 0 bridgehead atoms. The fourth-order valence-electron chi connectivity index (χ4n) is 3.53. The van der Waals surface area contributed by atoms with Gasteiger partial charge in [-0.05, 0) is 66.5 Å². The van der Waals surface area contributed by atoms with Gasteiger partial charge in [-0.2, -0.15) is 0 Å². The van der Waals surface area contributed by atoms with Crippen LogP contribution < -0.4 is 0 Å². The summed E-state index contributed by atoms with van der Waals surface area (Å²) in [6.07, 6.45) is 9.89. The lowest BCUT2D eigenvalue weighted by Gasteiger charge is -2.13. The monoisotopic (exact) mass is 402 g/mol. The second-order valence-corrected chi connectivity index (χ2v) is 7.66. The smallest absolute Gasteiger partial charge is 0.130 e. The maximum atomic E-state index is 14.6. The van der Waals surface area contributed by atoms with Crippen LogP contribution in [-0.4, -0.2) is 0 Å². The predicted octanol–water partition coefficient (Wildman–Crippen LogP) is 7.99. The summed E-state index contributed by atoms with van der Waals surface area (Å²) in [7, 11) is 0. The van der Waals surface area contributed by atoms with Crippen LogP contribution in [0.25, 0.3) is 12.2 Å². The Morgan fingerprint density at radius 1 is 0.867 bits per heavy atom. The van der Waals surface area contributed by atoms with Gasteiger partial charge < -0.3 is 0 Å². The average molecular weight is 403 g/mol. The van der Waals surface area contributed by atoms with Crippen LogP contribution in [0.3, 0.4) is 0 Å². The van der Waals surface area contributed by atoms with Gasteiger partial charge in [0, 0.05) is 5.56 Å². The third kappa shape index (κ3) is 6.00. The Morgan fingerprint density at radius 2 is 1.67 bits per heavy atom. The number of aryl methyl sites for hydroxylation is 1. The summed E-state index contributed by atoms with van der Waals surface area (Å²) in [6.45, 7) is 4.08. The van der Waals surface area contributed by atoms with Crippen molar-refractivity contribution in [2.75, 3.05) is 0 Å². The molecule has 0 spiro atoms. The van der Waals surface area contributed by atoms with Crippen LogP contribution in [0.4, 0.5) is 8.78 Å². The lowest BCUT2D eigenvalue weighted by atomic mass is 9.93. The molecule has 0 amide bonds. The molecule has 0 saturated heterocycles. The molecular formula is C28H28F2. The van der Waals surface area contributed by atoms with E-state index in [1.807, 2.05) is 49.4 Å². The highest BCUT2D eigenvalue weighted by molar-refractivity contribution is 5.70. The lowest BCUT2D eigenvalue weighted by molar-refractivity contribution is 0.597. The summed E-state index contributed by atoms with van der Waals surface area (Å²) in [5.74, 6) is -0.236. The summed E-state index contributed by atoms with van der Waals surface area (Å²) >= 11 is 0. The van der Waals surface area contributed by atoms with Crippen molar-refractivity contribution >= 4 is 12.2 Å². The molecule has 0 saturated carbocycles. The van der Waals surface area contributed by atoms with E-state index in [2.05, 4.69) is 25.1 Å². The SMILES string of the molecule is C/C=C/CCc1ccc(C=Cc2ccc(C[C@H](C)c3ccccc3)c(F)c2)c(F)c1. The third-order valence-electron chi connectivity index (χ3n) is 5.33. The second kappa shape index (κ2) is 10.7. The summed E-state index contributed by atoms with van der Waals surface area (Å²) in [4.78, 5) is 0. The molecule has 154 valence electrons. The molecule has 0 aliphatic carbocycles. The molecule has 2 heteroatoms. The molecule has 3 rings (SSSR count). The zero-order valence-electron chi connectivity index (χ0n) is 17.6. The number of hydrogen-bond acceptors (Lipinski definition) is 0. The Balaban J connectivity index is 1.67. The van der Waals surface area contributed by atoms with Gasteiger partial charge in [0.1, 0.15) is 11.6 Å². The molecule has 0 aliphatic heterocycles. The Kier molecular flexibility index (Phi) is 7.73. The largest absolute Gasteiger partial charge is 0.207 e. The van der Waals surface area contributed by atoms with E-state index < -0.39 is 0 Å². The van der Waals surface area contributed by atoms with Gasteiger partial charge >= 0.3 is 0 Å². The predicted molar refractivity (Wildman–Crippen MR) is 123 cm³/mol. The van der Waals surface area contributed by atoms with E-state index >= 15 is 0 Å². The van der Waals surface area contributed by atoms with Crippen LogP contribution in [0.2, 0.25) is 0 Å². The van der Waals surface area contributed by atoms with E-state index in [0.717, 1.165) is 24.0 Å². The quantitative estimate of drug-likeness (QED) is 0.264. The molecule has 0 fully saturated rings. The van der Waals surface area contributed by atoms with Gasteiger partial charge in [0.15, 0.2) is 0 Å². The van der Waals surface area contributed by atoms with Crippen LogP contribution in [0.1, 0.15) is 54.0 Å². The fourth-order valence-corrected chi connectivity index (χ4v) is 3.53. The summed E-state index contributed by atoms with van der Waals surface area (Å²) < 4.78 is 29.0. The second-order valence-electron chi connectivity index (χ2n) is 7.66. The van der Waals surface area contributed by atoms with Crippen molar-refractivity contribution < 1.29 is 8.78 Å². The van der Waals surface area contributed by atoms with E-state index in [9.17, 15) is 8.78 Å². The van der Waals surface area contributed by atoms with Crippen LogP contribution in [0.15, 0.2) is 78.9 Å². The number of allylic oxidation sites excluding steroid dienone is 2. The zero-order valence-corrected chi connectivity index (χ0v) is 17.6. The van der Waals surface area contributed by atoms with Gasteiger partial charge in [-0.3, -0.25) is 0 Å². The molecule has 0 unspecified atom stereocenters. The van der Waals surface area contributed by atoms with E-state index in [1.54, 1.807) is 24.3 Å². The van der Waals surface area contributed by atoms with Crippen LogP contribution in [0, 0.1) is 11.6 Å². The normalized spacial score (nSPS) is 12.7. The molecule has 30 heavy (non-hydrogen) atoms. The molecule has 0 aromatic heterocycles. The van der Waals surface area contributed by atoms with Gasteiger partial charge in [-0.15, -0.1) is 0 Å².